The molecule has 0 saturated carbocycles. The second kappa shape index (κ2) is 7.02. The van der Waals surface area contributed by atoms with E-state index in [1.807, 2.05) is 49.0 Å². The van der Waals surface area contributed by atoms with Gasteiger partial charge in [-0.05, 0) is 49.6 Å². The molecule has 0 bridgehead atoms. The lowest BCUT2D eigenvalue weighted by Crippen LogP contribution is -2.33. The zero-order chi connectivity index (χ0) is 20.0. The molecule has 1 aromatic heterocycles. The van der Waals surface area contributed by atoms with Crippen LogP contribution in [0.4, 0.5) is 5.69 Å². The van der Waals surface area contributed by atoms with E-state index >= 15 is 0 Å². The van der Waals surface area contributed by atoms with Gasteiger partial charge in [-0.3, -0.25) is 19.2 Å². The summed E-state index contributed by atoms with van der Waals surface area (Å²) in [4.78, 5) is 27.9. The van der Waals surface area contributed by atoms with Gasteiger partial charge in [0.25, 0.3) is 5.56 Å². The monoisotopic (exact) mass is 393 g/mol. The molecule has 5 nitrogen and oxygen atoms in total. The van der Waals surface area contributed by atoms with Gasteiger partial charge in [0.15, 0.2) is 0 Å². The van der Waals surface area contributed by atoms with Crippen molar-refractivity contribution in [3.05, 3.63) is 81.3 Å². The number of aromatic nitrogens is 2. The standard InChI is InChI=1S/C22H23N3O2S/c1-14-10-11-17(12-15(14)2)22-24(19(26)13-28-22)20-16(3)23(4)25(21(20)27)18-8-6-5-7-9-18/h5-12,22H,13H2,1-4H3/t22-/m0/s1. The molecule has 1 fully saturated rings. The highest BCUT2D eigenvalue weighted by molar-refractivity contribution is 8.00. The SMILES string of the molecule is Cc1ccc([C@@H]2SCC(=O)N2c2c(C)n(C)n(-c3ccccc3)c2=O)cc1C. The normalized spacial score (nSPS) is 16.8. The van der Waals surface area contributed by atoms with Gasteiger partial charge in [0.05, 0.1) is 17.1 Å². The Bertz CT molecular complexity index is 1110. The first-order valence-electron chi connectivity index (χ1n) is 9.25. The van der Waals surface area contributed by atoms with Gasteiger partial charge in [0.2, 0.25) is 5.91 Å². The van der Waals surface area contributed by atoms with Crippen LogP contribution < -0.4 is 10.5 Å². The molecule has 1 aliphatic rings. The van der Waals surface area contributed by atoms with Crippen LogP contribution in [0.2, 0.25) is 0 Å². The van der Waals surface area contributed by atoms with Crippen LogP contribution in [0.3, 0.4) is 0 Å². The van der Waals surface area contributed by atoms with Crippen molar-refractivity contribution in [2.45, 2.75) is 26.1 Å². The lowest BCUT2D eigenvalue weighted by atomic mass is 10.1. The van der Waals surface area contributed by atoms with Crippen LogP contribution in [0.25, 0.3) is 5.69 Å². The summed E-state index contributed by atoms with van der Waals surface area (Å²) < 4.78 is 3.44. The maximum atomic E-state index is 13.4. The highest BCUT2D eigenvalue weighted by Crippen LogP contribution is 2.42. The van der Waals surface area contributed by atoms with Crippen LogP contribution in [0.15, 0.2) is 53.3 Å². The maximum Gasteiger partial charge on any atom is 0.295 e. The first-order valence-corrected chi connectivity index (χ1v) is 10.3. The Morgan fingerprint density at radius 3 is 2.36 bits per heavy atom. The Labute approximate surface area is 168 Å². The van der Waals surface area contributed by atoms with Gasteiger partial charge >= 0.3 is 0 Å². The molecular formula is C22H23N3O2S. The number of carbonyl (C=O) groups excluding carboxylic acids is 1. The number of para-hydroxylation sites is 1. The summed E-state index contributed by atoms with van der Waals surface area (Å²) >= 11 is 1.57. The van der Waals surface area contributed by atoms with Gasteiger partial charge in [0, 0.05) is 7.05 Å². The number of nitrogens with zero attached hydrogens (tertiary/aromatic N) is 3. The quantitative estimate of drug-likeness (QED) is 0.678. The number of hydrogen-bond donors (Lipinski definition) is 0. The van der Waals surface area contributed by atoms with Crippen LogP contribution in [-0.4, -0.2) is 21.0 Å². The predicted molar refractivity (Wildman–Crippen MR) is 114 cm³/mol. The maximum absolute atomic E-state index is 13.4. The van der Waals surface area contributed by atoms with Crippen molar-refractivity contribution in [3.63, 3.8) is 0 Å². The number of anilines is 1. The van der Waals surface area contributed by atoms with Crippen molar-refractivity contribution in [1.82, 2.24) is 9.36 Å². The average molecular weight is 394 g/mol. The molecule has 4 rings (SSSR count). The second-order valence-electron chi connectivity index (χ2n) is 7.18. The Balaban J connectivity index is 1.86. The van der Waals surface area contributed by atoms with Crippen LogP contribution >= 0.6 is 11.8 Å². The zero-order valence-electron chi connectivity index (χ0n) is 16.5. The Morgan fingerprint density at radius 2 is 1.68 bits per heavy atom. The fourth-order valence-electron chi connectivity index (χ4n) is 3.66. The number of amides is 1. The van der Waals surface area contributed by atoms with Crippen LogP contribution in [0.5, 0.6) is 0 Å². The second-order valence-corrected chi connectivity index (χ2v) is 8.25. The predicted octanol–water partition coefficient (Wildman–Crippen LogP) is 3.88. The molecule has 0 radical (unpaired) electrons. The molecule has 3 aromatic rings. The van der Waals surface area contributed by atoms with E-state index in [1.165, 1.54) is 11.1 Å². The molecule has 6 heteroatoms. The molecule has 1 amide bonds. The summed E-state index contributed by atoms with van der Waals surface area (Å²) in [6.07, 6.45) is 0. The molecular weight excluding hydrogens is 370 g/mol. The fourth-order valence-corrected chi connectivity index (χ4v) is 4.81. The molecule has 0 aliphatic carbocycles. The van der Waals surface area contributed by atoms with Crippen LogP contribution in [0, 0.1) is 20.8 Å². The Kier molecular flexibility index (Phi) is 4.67. The van der Waals surface area contributed by atoms with Crippen molar-refractivity contribution < 1.29 is 4.79 Å². The van der Waals surface area contributed by atoms with Crippen molar-refractivity contribution >= 4 is 23.4 Å². The summed E-state index contributed by atoms with van der Waals surface area (Å²) in [6, 6.07) is 15.8. The first kappa shape index (κ1) is 18.6. The average Bonchev–Trinajstić information content (AvgIpc) is 3.15. The summed E-state index contributed by atoms with van der Waals surface area (Å²) in [5.74, 6) is 0.343. The molecule has 28 heavy (non-hydrogen) atoms. The molecule has 1 saturated heterocycles. The Morgan fingerprint density at radius 1 is 0.964 bits per heavy atom. The van der Waals surface area contributed by atoms with E-state index in [-0.39, 0.29) is 16.8 Å². The van der Waals surface area contributed by atoms with Crippen LogP contribution in [-0.2, 0) is 11.8 Å². The van der Waals surface area contributed by atoms with Crippen molar-refractivity contribution in [2.24, 2.45) is 7.05 Å². The molecule has 0 N–H and O–H groups in total. The van der Waals surface area contributed by atoms with Crippen molar-refractivity contribution in [2.75, 3.05) is 10.7 Å². The van der Waals surface area contributed by atoms with E-state index in [2.05, 4.69) is 32.0 Å². The van der Waals surface area contributed by atoms with Gasteiger partial charge in [0.1, 0.15) is 11.1 Å². The molecule has 0 unspecified atom stereocenters. The largest absolute Gasteiger partial charge is 0.295 e. The number of thioether (sulfide) groups is 1. The summed E-state index contributed by atoms with van der Waals surface area (Å²) in [5.41, 5.74) is 5.30. The third-order valence-electron chi connectivity index (χ3n) is 5.45. The first-order chi connectivity index (χ1) is 13.4. The minimum Gasteiger partial charge on any atom is -0.288 e. The molecule has 2 aromatic carbocycles. The van der Waals surface area contributed by atoms with E-state index in [0.29, 0.717) is 11.4 Å². The minimum atomic E-state index is -0.190. The van der Waals surface area contributed by atoms with Gasteiger partial charge in [-0.25, -0.2) is 4.68 Å². The van der Waals surface area contributed by atoms with E-state index in [1.54, 1.807) is 21.3 Å². The zero-order valence-corrected chi connectivity index (χ0v) is 17.3. The summed E-state index contributed by atoms with van der Waals surface area (Å²) in [6.45, 7) is 6.04. The molecule has 0 spiro atoms. The van der Waals surface area contributed by atoms with E-state index < -0.39 is 0 Å². The highest BCUT2D eigenvalue weighted by atomic mass is 32.2. The van der Waals surface area contributed by atoms with Gasteiger partial charge in [-0.1, -0.05) is 36.4 Å². The number of hydrogen-bond acceptors (Lipinski definition) is 3. The van der Waals surface area contributed by atoms with E-state index in [0.717, 1.165) is 16.9 Å². The molecule has 144 valence electrons. The van der Waals surface area contributed by atoms with Gasteiger partial charge in [-0.2, -0.15) is 0 Å². The summed E-state index contributed by atoms with van der Waals surface area (Å²) in [5, 5.41) is -0.190. The number of carbonyl (C=O) groups is 1. The van der Waals surface area contributed by atoms with Gasteiger partial charge in [-0.15, -0.1) is 11.8 Å². The van der Waals surface area contributed by atoms with Crippen molar-refractivity contribution in [1.29, 1.82) is 0 Å². The van der Waals surface area contributed by atoms with Crippen molar-refractivity contribution in [3.8, 4) is 5.69 Å². The number of benzene rings is 2. The van der Waals surface area contributed by atoms with E-state index in [4.69, 9.17) is 0 Å². The third kappa shape index (κ3) is 2.88. The topological polar surface area (TPSA) is 47.2 Å². The third-order valence-corrected chi connectivity index (χ3v) is 6.66. The molecule has 2 heterocycles. The smallest absolute Gasteiger partial charge is 0.288 e. The minimum absolute atomic E-state index is 0.0285. The molecule has 1 aliphatic heterocycles. The van der Waals surface area contributed by atoms with Crippen LogP contribution in [0.1, 0.15) is 27.8 Å². The lowest BCUT2D eigenvalue weighted by Gasteiger charge is -2.23. The van der Waals surface area contributed by atoms with E-state index in [9.17, 15) is 9.59 Å². The lowest BCUT2D eigenvalue weighted by molar-refractivity contribution is -0.115. The highest BCUT2D eigenvalue weighted by Gasteiger charge is 2.38. The molecule has 1 atom stereocenters. The Hall–Kier alpha value is -2.73. The number of aryl methyl sites for hydroxylation is 2. The fraction of sp³-hybridized carbons (Fsp3) is 0.273. The summed E-state index contributed by atoms with van der Waals surface area (Å²) in [7, 11) is 1.85. The van der Waals surface area contributed by atoms with Gasteiger partial charge < -0.3 is 0 Å². The number of rotatable bonds is 3.